The van der Waals surface area contributed by atoms with Gasteiger partial charge in [0.1, 0.15) is 6.04 Å². The van der Waals surface area contributed by atoms with Crippen molar-refractivity contribution in [2.75, 3.05) is 0 Å². The van der Waals surface area contributed by atoms with Crippen LogP contribution in [0.3, 0.4) is 0 Å². The van der Waals surface area contributed by atoms with Gasteiger partial charge in [-0.25, -0.2) is 4.79 Å². The topological polar surface area (TPSA) is 57.6 Å². The van der Waals surface area contributed by atoms with Crippen LogP contribution < -0.4 is 0 Å². The van der Waals surface area contributed by atoms with Gasteiger partial charge in [0.25, 0.3) is 0 Å². The molecule has 1 aliphatic heterocycles. The molecule has 1 saturated heterocycles. The van der Waals surface area contributed by atoms with Crippen LogP contribution in [0.5, 0.6) is 0 Å². The Labute approximate surface area is 116 Å². The number of hydrogen-bond donors (Lipinski definition) is 1. The molecule has 0 spiro atoms. The molecule has 0 saturated carbocycles. The molecule has 0 radical (unpaired) electrons. The second-order valence-corrected chi connectivity index (χ2v) is 5.10. The van der Waals surface area contributed by atoms with E-state index in [0.717, 1.165) is 16.3 Å². The quantitative estimate of drug-likeness (QED) is 0.931. The second-order valence-electron chi connectivity index (χ2n) is 5.10. The molecule has 4 nitrogen and oxygen atoms in total. The standard InChI is InChI=1S/C16H15NO3/c18-15-8-7-14(16(19)20)17(15)10-11-5-6-12-3-1-2-4-13(12)9-11/h1-6,9,14H,7-8,10H2,(H,19,20)/t14-/m0/s1. The maximum Gasteiger partial charge on any atom is 0.326 e. The number of carboxylic acids is 1. The molecule has 0 aliphatic carbocycles. The molecule has 0 aromatic heterocycles. The SMILES string of the molecule is O=C(O)[C@@H]1CCC(=O)N1Cc1ccc2ccccc2c1. The van der Waals surface area contributed by atoms with Crippen LogP contribution in [0.1, 0.15) is 18.4 Å². The highest BCUT2D eigenvalue weighted by molar-refractivity contribution is 5.87. The molecule has 0 bridgehead atoms. The maximum atomic E-state index is 11.8. The van der Waals surface area contributed by atoms with Crippen LogP contribution >= 0.6 is 0 Å². The van der Waals surface area contributed by atoms with Crippen LogP contribution in [-0.2, 0) is 16.1 Å². The molecule has 1 amide bonds. The van der Waals surface area contributed by atoms with Crippen LogP contribution in [0, 0.1) is 0 Å². The van der Waals surface area contributed by atoms with Crippen LogP contribution in [-0.4, -0.2) is 27.9 Å². The third-order valence-electron chi connectivity index (χ3n) is 3.78. The largest absolute Gasteiger partial charge is 0.480 e. The van der Waals surface area contributed by atoms with Gasteiger partial charge in [-0.15, -0.1) is 0 Å². The van der Waals surface area contributed by atoms with E-state index in [2.05, 4.69) is 0 Å². The summed E-state index contributed by atoms with van der Waals surface area (Å²) < 4.78 is 0. The highest BCUT2D eigenvalue weighted by Crippen LogP contribution is 2.23. The Morgan fingerprint density at radius 3 is 2.70 bits per heavy atom. The number of carbonyl (C=O) groups is 2. The lowest BCUT2D eigenvalue weighted by atomic mass is 10.1. The van der Waals surface area contributed by atoms with Crippen molar-refractivity contribution in [2.24, 2.45) is 0 Å². The van der Waals surface area contributed by atoms with Gasteiger partial charge in [0.2, 0.25) is 5.91 Å². The lowest BCUT2D eigenvalue weighted by Gasteiger charge is -2.21. The number of benzene rings is 2. The number of carboxylic acid groups (broad SMARTS) is 1. The van der Waals surface area contributed by atoms with Crippen molar-refractivity contribution in [3.63, 3.8) is 0 Å². The molecule has 20 heavy (non-hydrogen) atoms. The Morgan fingerprint density at radius 2 is 1.95 bits per heavy atom. The van der Waals surface area contributed by atoms with Crippen LogP contribution in [0.2, 0.25) is 0 Å². The molecule has 4 heteroatoms. The van der Waals surface area contributed by atoms with E-state index in [-0.39, 0.29) is 5.91 Å². The van der Waals surface area contributed by atoms with Crippen LogP contribution in [0.25, 0.3) is 10.8 Å². The first-order valence-corrected chi connectivity index (χ1v) is 6.65. The van der Waals surface area contributed by atoms with E-state index >= 15 is 0 Å². The van der Waals surface area contributed by atoms with Crippen molar-refractivity contribution in [3.05, 3.63) is 48.0 Å². The molecule has 1 atom stereocenters. The van der Waals surface area contributed by atoms with Gasteiger partial charge >= 0.3 is 5.97 Å². The lowest BCUT2D eigenvalue weighted by molar-refractivity contribution is -0.146. The molecule has 1 fully saturated rings. The summed E-state index contributed by atoms with van der Waals surface area (Å²) in [6.07, 6.45) is 0.728. The summed E-state index contributed by atoms with van der Waals surface area (Å²) in [5, 5.41) is 11.4. The van der Waals surface area contributed by atoms with Gasteiger partial charge < -0.3 is 10.0 Å². The summed E-state index contributed by atoms with van der Waals surface area (Å²) in [7, 11) is 0. The molecule has 1 aliphatic rings. The summed E-state index contributed by atoms with van der Waals surface area (Å²) >= 11 is 0. The number of hydrogen-bond acceptors (Lipinski definition) is 2. The van der Waals surface area contributed by atoms with E-state index in [9.17, 15) is 9.59 Å². The molecular formula is C16H15NO3. The highest BCUT2D eigenvalue weighted by atomic mass is 16.4. The van der Waals surface area contributed by atoms with Crippen molar-refractivity contribution in [2.45, 2.75) is 25.4 Å². The summed E-state index contributed by atoms with van der Waals surface area (Å²) in [4.78, 5) is 24.5. The smallest absolute Gasteiger partial charge is 0.326 e. The molecule has 2 aromatic carbocycles. The molecule has 0 unspecified atom stereocenters. The fourth-order valence-corrected chi connectivity index (χ4v) is 2.72. The maximum absolute atomic E-state index is 11.8. The molecule has 1 heterocycles. The van der Waals surface area contributed by atoms with Crippen molar-refractivity contribution in [1.29, 1.82) is 0 Å². The number of aliphatic carboxylic acids is 1. The molecule has 102 valence electrons. The molecular weight excluding hydrogens is 254 g/mol. The predicted octanol–water partition coefficient (Wildman–Crippen LogP) is 2.42. The fourth-order valence-electron chi connectivity index (χ4n) is 2.72. The fraction of sp³-hybridized carbons (Fsp3) is 0.250. The lowest BCUT2D eigenvalue weighted by Crippen LogP contribution is -2.37. The molecule has 2 aromatic rings. The van der Waals surface area contributed by atoms with Crippen molar-refractivity contribution < 1.29 is 14.7 Å². The average Bonchev–Trinajstić information content (AvgIpc) is 2.80. The van der Waals surface area contributed by atoms with Crippen molar-refractivity contribution in [1.82, 2.24) is 4.90 Å². The molecule has 3 rings (SSSR count). The number of likely N-dealkylation sites (tertiary alicyclic amines) is 1. The van der Waals surface area contributed by atoms with Crippen LogP contribution in [0.15, 0.2) is 42.5 Å². The Morgan fingerprint density at radius 1 is 1.20 bits per heavy atom. The average molecular weight is 269 g/mol. The number of rotatable bonds is 3. The number of carbonyl (C=O) groups excluding carboxylic acids is 1. The zero-order valence-corrected chi connectivity index (χ0v) is 11.0. The Bertz CT molecular complexity index is 680. The van der Waals surface area contributed by atoms with Gasteiger partial charge in [0.05, 0.1) is 0 Å². The van der Waals surface area contributed by atoms with E-state index in [1.807, 2.05) is 42.5 Å². The number of fused-ring (bicyclic) bond motifs is 1. The number of nitrogens with zero attached hydrogens (tertiary/aromatic N) is 1. The predicted molar refractivity (Wildman–Crippen MR) is 75.2 cm³/mol. The highest BCUT2D eigenvalue weighted by Gasteiger charge is 2.35. The van der Waals surface area contributed by atoms with E-state index in [4.69, 9.17) is 5.11 Å². The van der Waals surface area contributed by atoms with E-state index in [1.54, 1.807) is 0 Å². The van der Waals surface area contributed by atoms with Gasteiger partial charge in [-0.2, -0.15) is 0 Å². The minimum absolute atomic E-state index is 0.0782. The summed E-state index contributed by atoms with van der Waals surface area (Å²) in [6, 6.07) is 13.3. The first-order chi connectivity index (χ1) is 9.65. The van der Waals surface area contributed by atoms with Gasteiger partial charge in [-0.05, 0) is 28.8 Å². The zero-order valence-electron chi connectivity index (χ0n) is 11.0. The summed E-state index contributed by atoms with van der Waals surface area (Å²) in [6.45, 7) is 0.362. The van der Waals surface area contributed by atoms with Crippen molar-refractivity contribution >= 4 is 22.6 Å². The summed E-state index contributed by atoms with van der Waals surface area (Å²) in [5.41, 5.74) is 0.963. The van der Waals surface area contributed by atoms with Gasteiger partial charge in [0, 0.05) is 13.0 Å². The third kappa shape index (κ3) is 2.25. The van der Waals surface area contributed by atoms with E-state index in [1.165, 1.54) is 4.90 Å². The second kappa shape index (κ2) is 4.96. The van der Waals surface area contributed by atoms with E-state index in [0.29, 0.717) is 19.4 Å². The van der Waals surface area contributed by atoms with E-state index < -0.39 is 12.0 Å². The van der Waals surface area contributed by atoms with Gasteiger partial charge in [-0.3, -0.25) is 4.79 Å². The first kappa shape index (κ1) is 12.7. The van der Waals surface area contributed by atoms with Gasteiger partial charge in [0.15, 0.2) is 0 Å². The molecule has 1 N–H and O–H groups in total. The van der Waals surface area contributed by atoms with Gasteiger partial charge in [-0.1, -0.05) is 36.4 Å². The van der Waals surface area contributed by atoms with Crippen molar-refractivity contribution in [3.8, 4) is 0 Å². The number of amides is 1. The Kier molecular flexibility index (Phi) is 3.14. The minimum Gasteiger partial charge on any atom is -0.480 e. The first-order valence-electron chi connectivity index (χ1n) is 6.65. The Balaban J connectivity index is 1.88. The zero-order chi connectivity index (χ0) is 14.1. The van der Waals surface area contributed by atoms with Crippen LogP contribution in [0.4, 0.5) is 0 Å². The monoisotopic (exact) mass is 269 g/mol. The summed E-state index contributed by atoms with van der Waals surface area (Å²) in [5.74, 6) is -0.998. The third-order valence-corrected chi connectivity index (χ3v) is 3.78. The normalized spacial score (nSPS) is 18.7. The Hall–Kier alpha value is -2.36. The minimum atomic E-state index is -0.920.